The fourth-order valence-electron chi connectivity index (χ4n) is 4.35. The molecule has 6 nitrogen and oxygen atoms in total. The molecule has 1 aromatic rings. The van der Waals surface area contributed by atoms with Crippen LogP contribution in [0.4, 0.5) is 0 Å². The van der Waals surface area contributed by atoms with E-state index in [1.54, 1.807) is 0 Å². The van der Waals surface area contributed by atoms with Crippen LogP contribution in [0, 0.1) is 12.3 Å². The van der Waals surface area contributed by atoms with Gasteiger partial charge in [0.15, 0.2) is 5.66 Å². The van der Waals surface area contributed by atoms with Crippen LogP contribution in [0.25, 0.3) is 0 Å². The van der Waals surface area contributed by atoms with Crippen LogP contribution in [0.1, 0.15) is 37.7 Å². The molecule has 0 radical (unpaired) electrons. The number of ether oxygens (including phenoxy) is 1. The lowest BCUT2D eigenvalue weighted by atomic mass is 9.96. The minimum atomic E-state index is -0.389. The van der Waals surface area contributed by atoms with Gasteiger partial charge in [-0.1, -0.05) is 30.3 Å². The number of benzene rings is 1. The number of carbonyl (C=O) groups excluding carboxylic acids is 1. The Balaban J connectivity index is 1.34. The molecule has 1 amide bonds. The number of hydrogen-bond acceptors (Lipinski definition) is 5. The quantitative estimate of drug-likeness (QED) is 0.684. The Morgan fingerprint density at radius 2 is 2.07 bits per heavy atom. The Labute approximate surface area is 166 Å². The summed E-state index contributed by atoms with van der Waals surface area (Å²) in [7, 11) is 0. The van der Waals surface area contributed by atoms with Gasteiger partial charge in [-0.05, 0) is 12.0 Å². The first-order chi connectivity index (χ1) is 13.7. The number of piperidine rings is 1. The lowest BCUT2D eigenvalue weighted by Gasteiger charge is -2.47. The Morgan fingerprint density at radius 1 is 1.25 bits per heavy atom. The lowest BCUT2D eigenvalue weighted by Crippen LogP contribution is -2.61. The molecule has 4 rings (SSSR count). The molecule has 148 valence electrons. The van der Waals surface area contributed by atoms with E-state index in [1.165, 1.54) is 5.56 Å². The van der Waals surface area contributed by atoms with Crippen molar-refractivity contribution in [1.29, 1.82) is 0 Å². The SMILES string of the molecule is C#CCCC1(CCC(=O)N2CCOC3CCN(Cc4ccccc4)CC32)N=N1. The maximum Gasteiger partial charge on any atom is 0.223 e. The second-order valence-corrected chi connectivity index (χ2v) is 7.96. The molecular formula is C22H28N4O2. The number of nitrogens with zero attached hydrogens (tertiary/aromatic N) is 4. The van der Waals surface area contributed by atoms with Gasteiger partial charge in [-0.15, -0.1) is 12.3 Å². The normalized spacial score (nSPS) is 25.8. The third kappa shape index (κ3) is 4.43. The topological polar surface area (TPSA) is 57.5 Å². The molecule has 0 bridgehead atoms. The average molecular weight is 380 g/mol. The van der Waals surface area contributed by atoms with Gasteiger partial charge in [-0.2, -0.15) is 10.2 Å². The van der Waals surface area contributed by atoms with Crippen LogP contribution in [0.15, 0.2) is 40.6 Å². The number of likely N-dealkylation sites (tertiary alicyclic amines) is 1. The van der Waals surface area contributed by atoms with Crippen molar-refractivity contribution in [2.45, 2.75) is 56.5 Å². The molecule has 3 aliphatic rings. The third-order valence-corrected chi connectivity index (χ3v) is 6.03. The van der Waals surface area contributed by atoms with Gasteiger partial charge < -0.3 is 9.64 Å². The first-order valence-corrected chi connectivity index (χ1v) is 10.2. The smallest absolute Gasteiger partial charge is 0.223 e. The minimum Gasteiger partial charge on any atom is -0.374 e. The van der Waals surface area contributed by atoms with Crippen LogP contribution in [0.5, 0.6) is 0 Å². The average Bonchev–Trinajstić information content (AvgIpc) is 3.51. The minimum absolute atomic E-state index is 0.133. The Hall–Kier alpha value is -2.23. The number of amides is 1. The molecule has 1 aromatic carbocycles. The largest absolute Gasteiger partial charge is 0.374 e. The maximum absolute atomic E-state index is 13.0. The van der Waals surface area contributed by atoms with Gasteiger partial charge in [-0.3, -0.25) is 9.69 Å². The fourth-order valence-corrected chi connectivity index (χ4v) is 4.35. The highest BCUT2D eigenvalue weighted by atomic mass is 16.5. The Morgan fingerprint density at radius 3 is 2.82 bits per heavy atom. The van der Waals surface area contributed by atoms with Gasteiger partial charge in [0.2, 0.25) is 5.91 Å². The summed E-state index contributed by atoms with van der Waals surface area (Å²) in [6, 6.07) is 10.6. The molecule has 2 saturated heterocycles. The Kier molecular flexibility index (Phi) is 5.74. The first kappa shape index (κ1) is 19.1. The van der Waals surface area contributed by atoms with Gasteiger partial charge in [0.05, 0.1) is 18.8 Å². The summed E-state index contributed by atoms with van der Waals surface area (Å²) in [6.45, 7) is 4.08. The van der Waals surface area contributed by atoms with Gasteiger partial charge in [0.1, 0.15) is 0 Å². The maximum atomic E-state index is 13.0. The number of carbonyl (C=O) groups is 1. The van der Waals surface area contributed by atoms with E-state index < -0.39 is 0 Å². The van der Waals surface area contributed by atoms with Crippen LogP contribution in [0.2, 0.25) is 0 Å². The molecule has 0 aromatic heterocycles. The summed E-state index contributed by atoms with van der Waals surface area (Å²) in [4.78, 5) is 17.5. The molecule has 28 heavy (non-hydrogen) atoms. The molecular weight excluding hydrogens is 352 g/mol. The standard InChI is InChI=1S/C22H28N4O2/c1-2-3-11-22(23-24-22)12-9-21(27)26-14-15-28-20-10-13-25(17-19(20)26)16-18-7-5-4-6-8-18/h1,4-8,19-20H,3,9-17H2. The molecule has 0 aliphatic carbocycles. The first-order valence-electron chi connectivity index (χ1n) is 10.2. The number of fused-ring (bicyclic) bond motifs is 1. The van der Waals surface area contributed by atoms with Crippen molar-refractivity contribution in [3.8, 4) is 12.3 Å². The zero-order valence-corrected chi connectivity index (χ0v) is 16.3. The summed E-state index contributed by atoms with van der Waals surface area (Å²) in [5.74, 6) is 2.83. The van der Waals surface area contributed by atoms with Crippen LogP contribution >= 0.6 is 0 Å². The summed E-state index contributed by atoms with van der Waals surface area (Å²) < 4.78 is 5.99. The van der Waals surface area contributed by atoms with Crippen LogP contribution in [0.3, 0.4) is 0 Å². The highest BCUT2D eigenvalue weighted by molar-refractivity contribution is 5.77. The molecule has 2 fully saturated rings. The monoisotopic (exact) mass is 380 g/mol. The second-order valence-electron chi connectivity index (χ2n) is 7.96. The van der Waals surface area contributed by atoms with E-state index in [4.69, 9.17) is 11.2 Å². The molecule has 3 heterocycles. The van der Waals surface area contributed by atoms with Gasteiger partial charge in [0.25, 0.3) is 0 Å². The summed E-state index contributed by atoms with van der Waals surface area (Å²) in [5.41, 5.74) is 0.919. The second kappa shape index (κ2) is 8.42. The van der Waals surface area contributed by atoms with Crippen molar-refractivity contribution in [2.24, 2.45) is 10.2 Å². The highest BCUT2D eigenvalue weighted by Gasteiger charge is 2.42. The van der Waals surface area contributed by atoms with Crippen LogP contribution in [-0.2, 0) is 16.1 Å². The lowest BCUT2D eigenvalue weighted by molar-refractivity contribution is -0.153. The van der Waals surface area contributed by atoms with Crippen LogP contribution in [-0.4, -0.2) is 59.8 Å². The predicted molar refractivity (Wildman–Crippen MR) is 106 cm³/mol. The van der Waals surface area contributed by atoms with E-state index in [2.05, 4.69) is 45.3 Å². The van der Waals surface area contributed by atoms with Gasteiger partial charge >= 0.3 is 0 Å². The number of hydrogen-bond donors (Lipinski definition) is 0. The van der Waals surface area contributed by atoms with E-state index in [0.717, 1.165) is 32.5 Å². The zero-order valence-electron chi connectivity index (χ0n) is 16.3. The van der Waals surface area contributed by atoms with Crippen molar-refractivity contribution in [2.75, 3.05) is 26.2 Å². The molecule has 0 spiro atoms. The van der Waals surface area contributed by atoms with Crippen molar-refractivity contribution in [3.63, 3.8) is 0 Å². The molecule has 2 atom stereocenters. The summed E-state index contributed by atoms with van der Waals surface area (Å²) in [6.07, 6.45) is 9.00. The highest BCUT2D eigenvalue weighted by Crippen LogP contribution is 2.38. The van der Waals surface area contributed by atoms with E-state index in [0.29, 0.717) is 32.4 Å². The third-order valence-electron chi connectivity index (χ3n) is 6.03. The zero-order chi connectivity index (χ0) is 19.4. The van der Waals surface area contributed by atoms with Gasteiger partial charge in [0, 0.05) is 51.9 Å². The van der Waals surface area contributed by atoms with Crippen LogP contribution < -0.4 is 0 Å². The predicted octanol–water partition coefficient (Wildman–Crippen LogP) is 2.84. The summed E-state index contributed by atoms with van der Waals surface area (Å²) in [5, 5.41) is 8.31. The van der Waals surface area contributed by atoms with Crippen molar-refractivity contribution < 1.29 is 9.53 Å². The Bertz CT molecular complexity index is 752. The van der Waals surface area contributed by atoms with E-state index in [-0.39, 0.29) is 23.7 Å². The number of morpholine rings is 1. The number of terminal acetylenes is 1. The molecule has 0 saturated carbocycles. The van der Waals surface area contributed by atoms with Gasteiger partial charge in [-0.25, -0.2) is 0 Å². The van der Waals surface area contributed by atoms with Crippen molar-refractivity contribution in [1.82, 2.24) is 9.80 Å². The number of rotatable bonds is 7. The summed E-state index contributed by atoms with van der Waals surface area (Å²) >= 11 is 0. The van der Waals surface area contributed by atoms with E-state index in [1.807, 2.05) is 11.0 Å². The van der Waals surface area contributed by atoms with Crippen molar-refractivity contribution >= 4 is 5.91 Å². The molecule has 2 unspecified atom stereocenters. The van der Waals surface area contributed by atoms with Crippen molar-refractivity contribution in [3.05, 3.63) is 35.9 Å². The molecule has 6 heteroatoms. The molecule has 3 aliphatic heterocycles. The fraction of sp³-hybridized carbons (Fsp3) is 0.591. The molecule has 0 N–H and O–H groups in total. The van der Waals surface area contributed by atoms with E-state index >= 15 is 0 Å². The van der Waals surface area contributed by atoms with E-state index in [9.17, 15) is 4.79 Å².